The summed E-state index contributed by atoms with van der Waals surface area (Å²) < 4.78 is 35.7. The highest BCUT2D eigenvalue weighted by molar-refractivity contribution is 7.89. The van der Waals surface area contributed by atoms with Gasteiger partial charge in [0.05, 0.1) is 15.5 Å². The number of nitrogens with one attached hydrogen (secondary N) is 1. The van der Waals surface area contributed by atoms with Gasteiger partial charge in [0.1, 0.15) is 5.82 Å². The first kappa shape index (κ1) is 14.9. The molecule has 0 aliphatic carbocycles. The van der Waals surface area contributed by atoms with Crippen LogP contribution in [0.4, 0.5) is 4.39 Å². The van der Waals surface area contributed by atoms with E-state index in [2.05, 4.69) is 5.32 Å². The number of amides is 1. The fourth-order valence-corrected chi connectivity index (χ4v) is 1.98. The van der Waals surface area contributed by atoms with Crippen LogP contribution in [0, 0.1) is 5.82 Å². The zero-order valence-electron chi connectivity index (χ0n) is 9.70. The number of carbonyl (C=O) groups excluding carboxylic acids is 1. The molecule has 3 N–H and O–H groups in total. The lowest BCUT2D eigenvalue weighted by molar-refractivity contribution is 0.0942. The summed E-state index contributed by atoms with van der Waals surface area (Å²) in [5, 5.41) is 6.91. The Kier molecular flexibility index (Phi) is 4.31. The van der Waals surface area contributed by atoms with E-state index < -0.39 is 31.7 Å². The summed E-state index contributed by atoms with van der Waals surface area (Å²) in [6.45, 7) is 3.40. The fourth-order valence-electron chi connectivity index (χ4n) is 1.23. The summed E-state index contributed by atoms with van der Waals surface area (Å²) in [6, 6.07) is 1.41. The largest absolute Gasteiger partial charge is 0.350 e. The topological polar surface area (TPSA) is 89.3 Å². The van der Waals surface area contributed by atoms with Crippen molar-refractivity contribution in [2.24, 2.45) is 5.14 Å². The molecule has 0 aliphatic rings. The lowest BCUT2D eigenvalue weighted by Crippen LogP contribution is -2.30. The Bertz CT molecular complexity index is 587. The monoisotopic (exact) mass is 294 g/mol. The number of nitrogens with two attached hydrogens (primary N) is 1. The zero-order chi connectivity index (χ0) is 14.1. The highest BCUT2D eigenvalue weighted by Gasteiger charge is 2.20. The second-order valence-corrected chi connectivity index (χ2v) is 5.88. The maximum absolute atomic E-state index is 13.4. The van der Waals surface area contributed by atoms with Crippen molar-refractivity contribution in [3.8, 4) is 0 Å². The van der Waals surface area contributed by atoms with Crippen LogP contribution in [0.2, 0.25) is 5.02 Å². The number of halogens is 2. The van der Waals surface area contributed by atoms with Gasteiger partial charge >= 0.3 is 0 Å². The second-order valence-electron chi connectivity index (χ2n) is 3.94. The zero-order valence-corrected chi connectivity index (χ0v) is 11.3. The van der Waals surface area contributed by atoms with Crippen LogP contribution in [0.1, 0.15) is 24.2 Å². The summed E-state index contributed by atoms with van der Waals surface area (Å²) in [5.41, 5.74) is -0.269. The van der Waals surface area contributed by atoms with E-state index in [0.29, 0.717) is 6.07 Å². The van der Waals surface area contributed by atoms with Crippen LogP contribution in [-0.4, -0.2) is 20.4 Å². The molecular weight excluding hydrogens is 283 g/mol. The molecule has 0 saturated heterocycles. The first-order valence-corrected chi connectivity index (χ1v) is 6.88. The summed E-state index contributed by atoms with van der Waals surface area (Å²) in [6.07, 6.45) is 0. The number of hydrogen-bond donors (Lipinski definition) is 2. The normalized spacial score (nSPS) is 11.7. The molecule has 100 valence electrons. The van der Waals surface area contributed by atoms with Gasteiger partial charge in [-0.05, 0) is 26.0 Å². The smallest absolute Gasteiger partial charge is 0.253 e. The van der Waals surface area contributed by atoms with Crippen molar-refractivity contribution in [1.82, 2.24) is 5.32 Å². The predicted octanol–water partition coefficient (Wildman–Crippen LogP) is 1.26. The van der Waals surface area contributed by atoms with Crippen LogP contribution in [0.3, 0.4) is 0 Å². The van der Waals surface area contributed by atoms with Gasteiger partial charge in [-0.15, -0.1) is 0 Å². The molecule has 8 heteroatoms. The van der Waals surface area contributed by atoms with Crippen LogP contribution >= 0.6 is 11.6 Å². The van der Waals surface area contributed by atoms with E-state index in [4.69, 9.17) is 16.7 Å². The Morgan fingerprint density at radius 3 is 2.44 bits per heavy atom. The van der Waals surface area contributed by atoms with Gasteiger partial charge in [-0.25, -0.2) is 17.9 Å². The molecule has 1 aromatic carbocycles. The molecule has 0 bridgehead atoms. The Morgan fingerprint density at radius 2 is 2.00 bits per heavy atom. The third kappa shape index (κ3) is 3.41. The number of sulfonamides is 1. The van der Waals surface area contributed by atoms with Crippen molar-refractivity contribution in [3.63, 3.8) is 0 Å². The molecule has 0 atom stereocenters. The van der Waals surface area contributed by atoms with Crippen molar-refractivity contribution in [3.05, 3.63) is 28.5 Å². The number of benzene rings is 1. The quantitative estimate of drug-likeness (QED) is 0.879. The molecule has 5 nitrogen and oxygen atoms in total. The van der Waals surface area contributed by atoms with Crippen molar-refractivity contribution < 1.29 is 17.6 Å². The second kappa shape index (κ2) is 5.21. The third-order valence-corrected chi connectivity index (χ3v) is 3.27. The molecule has 0 aromatic heterocycles. The van der Waals surface area contributed by atoms with Crippen LogP contribution in [0.5, 0.6) is 0 Å². The summed E-state index contributed by atoms with van der Waals surface area (Å²) in [5.74, 6) is -1.68. The molecule has 0 saturated carbocycles. The van der Waals surface area contributed by atoms with E-state index in [0.717, 1.165) is 6.07 Å². The minimum atomic E-state index is -4.11. The lowest BCUT2D eigenvalue weighted by Gasteiger charge is -2.11. The number of carbonyl (C=O) groups is 1. The van der Waals surface area contributed by atoms with Crippen LogP contribution in [-0.2, 0) is 10.0 Å². The molecule has 1 aromatic rings. The van der Waals surface area contributed by atoms with Gasteiger partial charge in [-0.3, -0.25) is 4.79 Å². The van der Waals surface area contributed by atoms with Gasteiger partial charge in [0.15, 0.2) is 0 Å². The van der Waals surface area contributed by atoms with E-state index >= 15 is 0 Å². The highest BCUT2D eigenvalue weighted by Crippen LogP contribution is 2.24. The Balaban J connectivity index is 3.36. The molecule has 18 heavy (non-hydrogen) atoms. The van der Waals surface area contributed by atoms with E-state index in [1.807, 2.05) is 0 Å². The molecule has 0 radical (unpaired) electrons. The Morgan fingerprint density at radius 1 is 1.44 bits per heavy atom. The standard InChI is InChI=1S/C10H12ClFN2O3S/c1-5(2)14-10(15)7-3-6(18(13,16)17)4-8(12)9(7)11/h3-5H,1-2H3,(H,14,15)(H2,13,16,17). The summed E-state index contributed by atoms with van der Waals surface area (Å²) >= 11 is 5.62. The molecule has 1 rings (SSSR count). The molecular formula is C10H12ClFN2O3S. The SMILES string of the molecule is CC(C)NC(=O)c1cc(S(N)(=O)=O)cc(F)c1Cl. The summed E-state index contributed by atoms with van der Waals surface area (Å²) in [4.78, 5) is 11.2. The Labute approximate surface area is 109 Å². The fraction of sp³-hybridized carbons (Fsp3) is 0.300. The van der Waals surface area contributed by atoms with Gasteiger partial charge < -0.3 is 5.32 Å². The molecule has 0 unspecified atom stereocenters. The number of hydrogen-bond acceptors (Lipinski definition) is 3. The molecule has 0 fully saturated rings. The number of rotatable bonds is 3. The summed E-state index contributed by atoms with van der Waals surface area (Å²) in [7, 11) is -4.11. The van der Waals surface area contributed by atoms with Crippen molar-refractivity contribution in [1.29, 1.82) is 0 Å². The van der Waals surface area contributed by atoms with Crippen molar-refractivity contribution in [2.45, 2.75) is 24.8 Å². The highest BCUT2D eigenvalue weighted by atomic mass is 35.5. The maximum Gasteiger partial charge on any atom is 0.253 e. The maximum atomic E-state index is 13.4. The van der Waals surface area contributed by atoms with Crippen molar-refractivity contribution >= 4 is 27.5 Å². The van der Waals surface area contributed by atoms with Crippen molar-refractivity contribution in [2.75, 3.05) is 0 Å². The molecule has 0 aliphatic heterocycles. The van der Waals surface area contributed by atoms with E-state index in [-0.39, 0.29) is 11.6 Å². The van der Waals surface area contributed by atoms with E-state index in [1.165, 1.54) is 0 Å². The Hall–Kier alpha value is -1.18. The van der Waals surface area contributed by atoms with Crippen LogP contribution < -0.4 is 10.5 Å². The van der Waals surface area contributed by atoms with Gasteiger partial charge in [-0.2, -0.15) is 0 Å². The van der Waals surface area contributed by atoms with Gasteiger partial charge in [0, 0.05) is 6.04 Å². The number of primary sulfonamides is 1. The lowest BCUT2D eigenvalue weighted by atomic mass is 10.2. The third-order valence-electron chi connectivity index (χ3n) is 1.99. The van der Waals surface area contributed by atoms with Gasteiger partial charge in [-0.1, -0.05) is 11.6 Å². The molecule has 0 heterocycles. The molecule has 1 amide bonds. The first-order chi connectivity index (χ1) is 8.12. The first-order valence-electron chi connectivity index (χ1n) is 4.95. The minimum absolute atomic E-state index is 0.199. The van der Waals surface area contributed by atoms with Gasteiger partial charge in [0.25, 0.3) is 5.91 Å². The van der Waals surface area contributed by atoms with Crippen LogP contribution in [0.15, 0.2) is 17.0 Å². The predicted molar refractivity (Wildman–Crippen MR) is 65.4 cm³/mol. The van der Waals surface area contributed by atoms with E-state index in [1.54, 1.807) is 13.8 Å². The average molecular weight is 295 g/mol. The molecule has 0 spiro atoms. The van der Waals surface area contributed by atoms with Gasteiger partial charge in [0.2, 0.25) is 10.0 Å². The minimum Gasteiger partial charge on any atom is -0.350 e. The van der Waals surface area contributed by atoms with Crippen LogP contribution in [0.25, 0.3) is 0 Å². The van der Waals surface area contributed by atoms with E-state index in [9.17, 15) is 17.6 Å². The average Bonchev–Trinajstić information content (AvgIpc) is 2.18.